The number of sulfonamides is 1. The van der Waals surface area contributed by atoms with Gasteiger partial charge in [-0.05, 0) is 24.3 Å². The Morgan fingerprint density at radius 3 is 2.68 bits per heavy atom. The predicted molar refractivity (Wildman–Crippen MR) is 68.9 cm³/mol. The van der Waals surface area contributed by atoms with Gasteiger partial charge < -0.3 is 10.1 Å². The largest absolute Gasteiger partial charge is 0.390 e. The fraction of sp³-hybridized carbons (Fsp3) is 0.0909. The molecule has 0 bridgehead atoms. The van der Waals surface area contributed by atoms with Crippen molar-refractivity contribution < 1.29 is 17.9 Å². The first-order chi connectivity index (χ1) is 8.92. The molecule has 2 aromatic rings. The number of hydrogen-bond acceptors (Lipinski definition) is 3. The molecular formula is C11H10ClFN2O3S. The second kappa shape index (κ2) is 5.20. The van der Waals surface area contributed by atoms with E-state index in [1.54, 1.807) is 0 Å². The minimum atomic E-state index is -3.83. The third-order valence-electron chi connectivity index (χ3n) is 2.37. The SMILES string of the molecule is O=S(=O)(Nc1ccc(Cl)c(F)c1)c1c[nH]c(CO)c1. The van der Waals surface area contributed by atoms with Gasteiger partial charge >= 0.3 is 0 Å². The lowest BCUT2D eigenvalue weighted by Gasteiger charge is -2.06. The number of hydrogen-bond donors (Lipinski definition) is 3. The van der Waals surface area contributed by atoms with Crippen LogP contribution in [0.1, 0.15) is 5.69 Å². The van der Waals surface area contributed by atoms with Crippen LogP contribution in [0, 0.1) is 5.82 Å². The van der Waals surface area contributed by atoms with Crippen LogP contribution in [0.3, 0.4) is 0 Å². The highest BCUT2D eigenvalue weighted by atomic mass is 35.5. The molecule has 0 saturated carbocycles. The summed E-state index contributed by atoms with van der Waals surface area (Å²) in [7, 11) is -3.83. The summed E-state index contributed by atoms with van der Waals surface area (Å²) in [6.45, 7) is -0.301. The minimum absolute atomic E-state index is 0.0492. The van der Waals surface area contributed by atoms with Crippen LogP contribution in [0.4, 0.5) is 10.1 Å². The molecule has 5 nitrogen and oxygen atoms in total. The van der Waals surface area contributed by atoms with Crippen molar-refractivity contribution in [1.29, 1.82) is 0 Å². The molecule has 102 valence electrons. The zero-order valence-electron chi connectivity index (χ0n) is 9.52. The number of anilines is 1. The lowest BCUT2D eigenvalue weighted by Crippen LogP contribution is -2.12. The van der Waals surface area contributed by atoms with E-state index in [0.29, 0.717) is 5.69 Å². The first-order valence-corrected chi connectivity index (χ1v) is 7.04. The fourth-order valence-corrected chi connectivity index (χ4v) is 2.62. The molecule has 0 aliphatic carbocycles. The average Bonchev–Trinajstić information content (AvgIpc) is 2.83. The van der Waals surface area contributed by atoms with E-state index in [2.05, 4.69) is 9.71 Å². The normalized spacial score (nSPS) is 11.5. The molecule has 0 radical (unpaired) electrons. The van der Waals surface area contributed by atoms with E-state index in [4.69, 9.17) is 16.7 Å². The van der Waals surface area contributed by atoms with Crippen molar-refractivity contribution in [2.45, 2.75) is 11.5 Å². The fourth-order valence-electron chi connectivity index (χ4n) is 1.44. The van der Waals surface area contributed by atoms with Gasteiger partial charge in [-0.15, -0.1) is 0 Å². The van der Waals surface area contributed by atoms with Gasteiger partial charge in [0.1, 0.15) is 10.7 Å². The summed E-state index contributed by atoms with van der Waals surface area (Å²) in [5, 5.41) is 8.77. The Morgan fingerprint density at radius 2 is 2.11 bits per heavy atom. The van der Waals surface area contributed by atoms with Crippen LogP contribution in [0.25, 0.3) is 0 Å². The van der Waals surface area contributed by atoms with Crippen molar-refractivity contribution in [3.05, 3.63) is 47.0 Å². The van der Waals surface area contributed by atoms with Gasteiger partial charge in [0, 0.05) is 11.9 Å². The molecule has 0 fully saturated rings. The molecule has 1 heterocycles. The maximum Gasteiger partial charge on any atom is 0.263 e. The third kappa shape index (κ3) is 3.06. The van der Waals surface area contributed by atoms with Gasteiger partial charge in [-0.3, -0.25) is 4.72 Å². The van der Waals surface area contributed by atoms with E-state index in [-0.39, 0.29) is 22.2 Å². The molecule has 3 N–H and O–H groups in total. The van der Waals surface area contributed by atoms with Gasteiger partial charge in [0.15, 0.2) is 0 Å². The van der Waals surface area contributed by atoms with E-state index in [0.717, 1.165) is 6.07 Å². The molecular weight excluding hydrogens is 295 g/mol. The van der Waals surface area contributed by atoms with Crippen molar-refractivity contribution in [2.75, 3.05) is 4.72 Å². The number of halogens is 2. The minimum Gasteiger partial charge on any atom is -0.390 e. The Balaban J connectivity index is 2.28. The monoisotopic (exact) mass is 304 g/mol. The van der Waals surface area contributed by atoms with Crippen molar-refractivity contribution in [1.82, 2.24) is 4.98 Å². The highest BCUT2D eigenvalue weighted by Gasteiger charge is 2.16. The van der Waals surface area contributed by atoms with Crippen LogP contribution < -0.4 is 4.72 Å². The van der Waals surface area contributed by atoms with Crippen LogP contribution in [0.2, 0.25) is 5.02 Å². The zero-order valence-corrected chi connectivity index (χ0v) is 11.1. The van der Waals surface area contributed by atoms with Gasteiger partial charge in [-0.25, -0.2) is 12.8 Å². The number of nitrogens with one attached hydrogen (secondary N) is 2. The number of aromatic nitrogens is 1. The van der Waals surface area contributed by atoms with Gasteiger partial charge in [0.2, 0.25) is 0 Å². The van der Waals surface area contributed by atoms with Crippen LogP contribution in [0.15, 0.2) is 35.4 Å². The number of benzene rings is 1. The molecule has 8 heteroatoms. The van der Waals surface area contributed by atoms with Crippen LogP contribution in [-0.2, 0) is 16.6 Å². The molecule has 0 aliphatic rings. The lowest BCUT2D eigenvalue weighted by atomic mass is 10.3. The Hall–Kier alpha value is -1.57. The summed E-state index contributed by atoms with van der Waals surface area (Å²) < 4.78 is 39.3. The average molecular weight is 305 g/mol. The molecule has 0 atom stereocenters. The molecule has 0 unspecified atom stereocenters. The van der Waals surface area contributed by atoms with Gasteiger partial charge in [-0.1, -0.05) is 11.6 Å². The standard InChI is InChI=1S/C11H10ClFN2O3S/c12-10-2-1-7(4-11(10)13)15-19(17,18)9-3-8(6-16)14-5-9/h1-5,14-16H,6H2. The molecule has 1 aromatic heterocycles. The molecule has 2 rings (SSSR count). The smallest absolute Gasteiger partial charge is 0.263 e. The first-order valence-electron chi connectivity index (χ1n) is 5.18. The molecule has 0 spiro atoms. The Bertz CT molecular complexity index is 700. The number of aliphatic hydroxyl groups excluding tert-OH is 1. The van der Waals surface area contributed by atoms with Crippen molar-refractivity contribution in [3.8, 4) is 0 Å². The van der Waals surface area contributed by atoms with E-state index < -0.39 is 15.8 Å². The maximum atomic E-state index is 13.2. The number of H-pyrrole nitrogens is 1. The quantitative estimate of drug-likeness (QED) is 0.809. The van der Waals surface area contributed by atoms with E-state index in [9.17, 15) is 12.8 Å². The Kier molecular flexibility index (Phi) is 3.79. The third-order valence-corrected chi connectivity index (χ3v) is 4.04. The summed E-state index contributed by atoms with van der Waals surface area (Å²) in [6.07, 6.45) is 1.24. The highest BCUT2D eigenvalue weighted by molar-refractivity contribution is 7.92. The summed E-state index contributed by atoms with van der Waals surface area (Å²) in [5.74, 6) is -0.716. The van der Waals surface area contributed by atoms with Crippen LogP contribution >= 0.6 is 11.6 Å². The Labute approximate surface area is 114 Å². The second-order valence-electron chi connectivity index (χ2n) is 3.75. The lowest BCUT2D eigenvalue weighted by molar-refractivity contribution is 0.277. The van der Waals surface area contributed by atoms with Gasteiger partial charge in [0.05, 0.1) is 17.3 Å². The topological polar surface area (TPSA) is 82.2 Å². The molecule has 0 saturated heterocycles. The second-order valence-corrected chi connectivity index (χ2v) is 5.84. The van der Waals surface area contributed by atoms with Gasteiger partial charge in [0.25, 0.3) is 10.0 Å². The Morgan fingerprint density at radius 1 is 1.37 bits per heavy atom. The number of aliphatic hydroxyl groups is 1. The summed E-state index contributed by atoms with van der Waals surface area (Å²) in [4.78, 5) is 2.55. The number of rotatable bonds is 4. The highest BCUT2D eigenvalue weighted by Crippen LogP contribution is 2.21. The van der Waals surface area contributed by atoms with Crippen molar-refractivity contribution in [3.63, 3.8) is 0 Å². The number of aromatic amines is 1. The van der Waals surface area contributed by atoms with Crippen LogP contribution in [-0.4, -0.2) is 18.5 Å². The van der Waals surface area contributed by atoms with Crippen molar-refractivity contribution >= 4 is 27.3 Å². The molecule has 19 heavy (non-hydrogen) atoms. The molecule has 1 aromatic carbocycles. The van der Waals surface area contributed by atoms with E-state index in [1.807, 2.05) is 0 Å². The summed E-state index contributed by atoms with van der Waals surface area (Å²) in [5.41, 5.74) is 0.427. The van der Waals surface area contributed by atoms with Crippen molar-refractivity contribution in [2.24, 2.45) is 0 Å². The summed E-state index contributed by atoms with van der Waals surface area (Å²) >= 11 is 5.51. The van der Waals surface area contributed by atoms with Crippen LogP contribution in [0.5, 0.6) is 0 Å². The van der Waals surface area contributed by atoms with Gasteiger partial charge in [-0.2, -0.15) is 0 Å². The zero-order chi connectivity index (χ0) is 14.0. The van der Waals surface area contributed by atoms with E-state index in [1.165, 1.54) is 24.4 Å². The predicted octanol–water partition coefficient (Wildman–Crippen LogP) is 2.10. The molecule has 0 amide bonds. The summed E-state index contributed by atoms with van der Waals surface area (Å²) in [6, 6.07) is 4.88. The van der Waals surface area contributed by atoms with E-state index >= 15 is 0 Å². The first kappa shape index (κ1) is 13.9. The molecule has 0 aliphatic heterocycles. The maximum absolute atomic E-state index is 13.2.